The first-order valence-electron chi connectivity index (χ1n) is 4.11. The third-order valence-electron chi connectivity index (χ3n) is 0.753. The Morgan fingerprint density at radius 3 is 1.31 bits per heavy atom. The molecule has 80 valence electrons. The van der Waals surface area contributed by atoms with Crippen LogP contribution in [0.15, 0.2) is 0 Å². The van der Waals surface area contributed by atoms with Crippen molar-refractivity contribution in [1.82, 2.24) is 0 Å². The van der Waals surface area contributed by atoms with Crippen molar-refractivity contribution in [3.63, 3.8) is 0 Å². The zero-order chi connectivity index (χ0) is 10.7. The fourth-order valence-corrected chi connectivity index (χ4v) is 1.65. The number of hydrogen-bond donors (Lipinski definition) is 0. The minimum atomic E-state index is -1.47. The van der Waals surface area contributed by atoms with Crippen LogP contribution in [0.25, 0.3) is 0 Å². The highest BCUT2D eigenvalue weighted by Crippen LogP contribution is 2.48. The zero-order valence-corrected chi connectivity index (χ0v) is 10.7. The minimum absolute atomic E-state index is 0.314. The molecule has 0 saturated carbocycles. The van der Waals surface area contributed by atoms with Gasteiger partial charge in [-0.1, -0.05) is 0 Å². The van der Waals surface area contributed by atoms with Gasteiger partial charge in [0.25, 0.3) is 0 Å². The Labute approximate surface area is 86.9 Å². The molecule has 0 aliphatic carbocycles. The number of rotatable bonds is 3. The van der Waals surface area contributed by atoms with E-state index >= 15 is 0 Å². The van der Waals surface area contributed by atoms with Gasteiger partial charge in [0.05, 0.1) is 23.1 Å². The average Bonchev–Trinajstić information content (AvgIpc) is 1.79. The van der Waals surface area contributed by atoms with E-state index in [4.69, 9.17) is 20.9 Å². The summed E-state index contributed by atoms with van der Waals surface area (Å²) in [5, 5.41) is 0. The number of halogens is 1. The molecule has 0 radical (unpaired) electrons. The van der Waals surface area contributed by atoms with E-state index < -0.39 is 8.60 Å². The maximum atomic E-state index is 5.45. The highest BCUT2D eigenvalue weighted by Gasteiger charge is 2.26. The van der Waals surface area contributed by atoms with E-state index in [-0.39, 0.29) is 11.2 Å². The lowest BCUT2D eigenvalue weighted by Crippen LogP contribution is -2.21. The van der Waals surface area contributed by atoms with Gasteiger partial charge < -0.3 is 9.05 Å². The van der Waals surface area contributed by atoms with Gasteiger partial charge in [-0.25, -0.2) is 0 Å². The van der Waals surface area contributed by atoms with Crippen LogP contribution in [0.2, 0.25) is 0 Å². The maximum Gasteiger partial charge on any atom is 0.351 e. The van der Waals surface area contributed by atoms with Crippen LogP contribution in [0.5, 0.6) is 0 Å². The first-order chi connectivity index (χ1) is 5.64. The first-order valence-corrected chi connectivity index (χ1v) is 5.51. The molecule has 13 heavy (non-hydrogen) atoms. The first kappa shape index (κ1) is 13.6. The van der Waals surface area contributed by atoms with Crippen LogP contribution in [-0.4, -0.2) is 11.2 Å². The largest absolute Gasteiger partial charge is 0.351 e. The molecule has 5 heteroatoms. The normalized spacial score (nSPS) is 13.8. The van der Waals surface area contributed by atoms with Gasteiger partial charge in [-0.2, -0.15) is 4.08 Å². The summed E-state index contributed by atoms with van der Waals surface area (Å²) in [6.07, 6.45) is 0. The monoisotopic (exact) mass is 228 g/mol. The topological polar surface area (TPSA) is 27.7 Å². The van der Waals surface area contributed by atoms with Gasteiger partial charge in [-0.05, 0) is 41.5 Å². The maximum absolute atomic E-state index is 5.45. The second-order valence-electron chi connectivity index (χ2n) is 4.70. The Hall–Kier alpha value is 0.600. The summed E-state index contributed by atoms with van der Waals surface area (Å²) < 4.78 is 15.5. The second kappa shape index (κ2) is 4.90. The summed E-state index contributed by atoms with van der Waals surface area (Å²) in [5.41, 5.74) is -0.627. The zero-order valence-electron chi connectivity index (χ0n) is 9.05. The molecular weight excluding hydrogens is 211 g/mol. The van der Waals surface area contributed by atoms with Crippen LogP contribution in [0.1, 0.15) is 41.5 Å². The Morgan fingerprint density at radius 2 is 1.15 bits per heavy atom. The summed E-state index contributed by atoms with van der Waals surface area (Å²) in [6, 6.07) is 0. The van der Waals surface area contributed by atoms with E-state index in [1.54, 1.807) is 0 Å². The van der Waals surface area contributed by atoms with Gasteiger partial charge in [0.1, 0.15) is 0 Å². The summed E-state index contributed by atoms with van der Waals surface area (Å²) in [4.78, 5) is 0. The molecule has 0 aliphatic heterocycles. The van der Waals surface area contributed by atoms with Crippen LogP contribution >= 0.6 is 20.5 Å². The molecule has 0 atom stereocenters. The third-order valence-corrected chi connectivity index (χ3v) is 2.60. The minimum Gasteiger partial charge on any atom is -0.306 e. The molecule has 0 aromatic heterocycles. The lowest BCUT2D eigenvalue weighted by atomic mass is 10.2. The summed E-state index contributed by atoms with van der Waals surface area (Å²) in [5.74, 6) is 0. The van der Waals surface area contributed by atoms with Crippen molar-refractivity contribution in [3.8, 4) is 0 Å². The molecular formula is C8H18ClO3P. The standard InChI is InChI=1S/C8H18ClO3P/c1-7(2,3)10-13(12-9)11-8(4,5)6/h1-6H3. The molecule has 0 aromatic rings. The summed E-state index contributed by atoms with van der Waals surface area (Å²) in [6.45, 7) is 11.5. The van der Waals surface area contributed by atoms with Gasteiger partial charge in [0, 0.05) is 0 Å². The molecule has 0 aromatic carbocycles. The lowest BCUT2D eigenvalue weighted by Gasteiger charge is -2.28. The molecule has 0 heterocycles. The predicted molar refractivity (Wildman–Crippen MR) is 55.5 cm³/mol. The van der Waals surface area contributed by atoms with E-state index in [2.05, 4.69) is 4.08 Å². The molecule has 0 N–H and O–H groups in total. The van der Waals surface area contributed by atoms with Crippen molar-refractivity contribution in [2.75, 3.05) is 0 Å². The molecule has 3 nitrogen and oxygen atoms in total. The Morgan fingerprint density at radius 1 is 0.846 bits per heavy atom. The molecule has 0 spiro atoms. The number of hydrogen-bond acceptors (Lipinski definition) is 3. The van der Waals surface area contributed by atoms with E-state index in [0.29, 0.717) is 0 Å². The van der Waals surface area contributed by atoms with E-state index in [9.17, 15) is 0 Å². The van der Waals surface area contributed by atoms with Crippen molar-refractivity contribution < 1.29 is 13.1 Å². The molecule has 0 bridgehead atoms. The van der Waals surface area contributed by atoms with Gasteiger partial charge in [0.15, 0.2) is 0 Å². The van der Waals surface area contributed by atoms with Crippen LogP contribution < -0.4 is 0 Å². The molecule has 0 amide bonds. The van der Waals surface area contributed by atoms with Crippen molar-refractivity contribution in [2.45, 2.75) is 52.7 Å². The van der Waals surface area contributed by atoms with E-state index in [1.165, 1.54) is 0 Å². The van der Waals surface area contributed by atoms with Gasteiger partial charge in [0.2, 0.25) is 0 Å². The summed E-state index contributed by atoms with van der Waals surface area (Å²) >= 11 is 5.26. The van der Waals surface area contributed by atoms with Crippen molar-refractivity contribution in [3.05, 3.63) is 0 Å². The van der Waals surface area contributed by atoms with Crippen molar-refractivity contribution in [1.29, 1.82) is 0 Å². The molecule has 0 aliphatic rings. The van der Waals surface area contributed by atoms with E-state index in [0.717, 1.165) is 0 Å². The molecule has 0 rings (SSSR count). The molecule has 0 saturated heterocycles. The SMILES string of the molecule is CC(C)(C)OP(OCl)OC(C)(C)C. The fourth-order valence-electron chi connectivity index (χ4n) is 0.494. The van der Waals surface area contributed by atoms with Crippen molar-refractivity contribution in [2.24, 2.45) is 0 Å². The van der Waals surface area contributed by atoms with Gasteiger partial charge in [-0.15, -0.1) is 0 Å². The molecule has 0 fully saturated rings. The average molecular weight is 229 g/mol. The van der Waals surface area contributed by atoms with Crippen LogP contribution in [0.3, 0.4) is 0 Å². The lowest BCUT2D eigenvalue weighted by molar-refractivity contribution is 0.0517. The van der Waals surface area contributed by atoms with Crippen LogP contribution in [-0.2, 0) is 13.1 Å². The third kappa shape index (κ3) is 8.92. The van der Waals surface area contributed by atoms with Crippen LogP contribution in [0, 0.1) is 0 Å². The Kier molecular flexibility index (Phi) is 5.13. The molecule has 0 unspecified atom stereocenters. The summed E-state index contributed by atoms with van der Waals surface area (Å²) in [7, 11) is -1.47. The van der Waals surface area contributed by atoms with Crippen LogP contribution in [0.4, 0.5) is 0 Å². The van der Waals surface area contributed by atoms with Crippen molar-refractivity contribution >= 4 is 20.5 Å². The smallest absolute Gasteiger partial charge is 0.306 e. The predicted octanol–water partition coefficient (Wildman–Crippen LogP) is 4.01. The van der Waals surface area contributed by atoms with Gasteiger partial charge >= 0.3 is 8.60 Å². The second-order valence-corrected chi connectivity index (χ2v) is 6.06. The Balaban J connectivity index is 4.05. The van der Waals surface area contributed by atoms with Gasteiger partial charge in [-0.3, -0.25) is 0 Å². The highest BCUT2D eigenvalue weighted by atomic mass is 35.5. The fraction of sp³-hybridized carbons (Fsp3) is 1.00. The Bertz CT molecular complexity index is 134. The highest BCUT2D eigenvalue weighted by molar-refractivity contribution is 7.42. The quantitative estimate of drug-likeness (QED) is 0.683. The van der Waals surface area contributed by atoms with E-state index in [1.807, 2.05) is 41.5 Å².